The van der Waals surface area contributed by atoms with E-state index in [0.29, 0.717) is 27.2 Å². The minimum absolute atomic E-state index is 0.308. The maximum Gasteiger partial charge on any atom is 0.284 e. The van der Waals surface area contributed by atoms with E-state index in [2.05, 4.69) is 10.3 Å². The molecule has 2 aromatic rings. The summed E-state index contributed by atoms with van der Waals surface area (Å²) in [4.78, 5) is 15.9. The van der Waals surface area contributed by atoms with E-state index in [1.54, 1.807) is 23.7 Å². The Morgan fingerprint density at radius 1 is 1.32 bits per heavy atom. The molecule has 5 nitrogen and oxygen atoms in total. The van der Waals surface area contributed by atoms with Gasteiger partial charge in [0.25, 0.3) is 5.91 Å². The van der Waals surface area contributed by atoms with Gasteiger partial charge in [-0.15, -0.1) is 11.3 Å². The quantitative estimate of drug-likeness (QED) is 0.942. The van der Waals surface area contributed by atoms with E-state index in [1.807, 2.05) is 0 Å². The van der Waals surface area contributed by atoms with Crippen molar-refractivity contribution in [2.24, 2.45) is 0 Å². The van der Waals surface area contributed by atoms with Crippen LogP contribution in [0.2, 0.25) is 5.02 Å². The summed E-state index contributed by atoms with van der Waals surface area (Å²) in [5.41, 5.74) is 0.476. The molecule has 19 heavy (non-hydrogen) atoms. The Kier molecular flexibility index (Phi) is 4.24. The van der Waals surface area contributed by atoms with Gasteiger partial charge < -0.3 is 14.8 Å². The van der Waals surface area contributed by atoms with Crippen LogP contribution in [0.3, 0.4) is 0 Å². The molecule has 0 bridgehead atoms. The van der Waals surface area contributed by atoms with Crippen LogP contribution in [0.5, 0.6) is 11.5 Å². The molecule has 1 heterocycles. The standard InChI is InChI=1S/C12H11ClN2O3S/c1-17-9-6-8(10(18-2)5-7(9)13)15-11(16)12-14-3-4-19-12/h3-6H,1-2H3,(H,15,16). The predicted molar refractivity (Wildman–Crippen MR) is 74.6 cm³/mol. The van der Waals surface area contributed by atoms with Crippen molar-refractivity contribution in [2.75, 3.05) is 19.5 Å². The number of benzene rings is 1. The lowest BCUT2D eigenvalue weighted by atomic mass is 10.2. The van der Waals surface area contributed by atoms with Gasteiger partial charge >= 0.3 is 0 Å². The van der Waals surface area contributed by atoms with Crippen LogP contribution in [-0.2, 0) is 0 Å². The van der Waals surface area contributed by atoms with Crippen molar-refractivity contribution >= 4 is 34.5 Å². The fourth-order valence-corrected chi connectivity index (χ4v) is 2.23. The Morgan fingerprint density at radius 2 is 2.05 bits per heavy atom. The molecular formula is C12H11ClN2O3S. The Hall–Kier alpha value is -1.79. The molecule has 100 valence electrons. The highest BCUT2D eigenvalue weighted by Crippen LogP contribution is 2.36. The van der Waals surface area contributed by atoms with Gasteiger partial charge in [0.15, 0.2) is 5.01 Å². The molecule has 1 aromatic heterocycles. The van der Waals surface area contributed by atoms with Gasteiger partial charge in [-0.25, -0.2) is 4.98 Å². The Labute approximate surface area is 119 Å². The van der Waals surface area contributed by atoms with Crippen molar-refractivity contribution < 1.29 is 14.3 Å². The number of nitrogens with one attached hydrogen (secondary N) is 1. The number of halogens is 1. The molecule has 0 aliphatic carbocycles. The lowest BCUT2D eigenvalue weighted by Crippen LogP contribution is -2.12. The van der Waals surface area contributed by atoms with Crippen LogP contribution in [0, 0.1) is 0 Å². The molecule has 0 spiro atoms. The molecule has 0 fully saturated rings. The number of hydrogen-bond acceptors (Lipinski definition) is 5. The molecule has 7 heteroatoms. The molecule has 0 aliphatic rings. The van der Waals surface area contributed by atoms with Gasteiger partial charge in [-0.05, 0) is 0 Å². The van der Waals surface area contributed by atoms with E-state index < -0.39 is 0 Å². The summed E-state index contributed by atoms with van der Waals surface area (Å²) in [6, 6.07) is 3.19. The first-order chi connectivity index (χ1) is 9.15. The fourth-order valence-electron chi connectivity index (χ4n) is 1.47. The van der Waals surface area contributed by atoms with E-state index in [4.69, 9.17) is 21.1 Å². The van der Waals surface area contributed by atoms with Gasteiger partial charge in [-0.1, -0.05) is 11.6 Å². The molecular weight excluding hydrogens is 288 g/mol. The van der Waals surface area contributed by atoms with E-state index in [9.17, 15) is 4.79 Å². The van der Waals surface area contributed by atoms with Crippen molar-refractivity contribution in [2.45, 2.75) is 0 Å². The number of nitrogens with zero attached hydrogens (tertiary/aromatic N) is 1. The highest BCUT2D eigenvalue weighted by molar-refractivity contribution is 7.11. The fraction of sp³-hybridized carbons (Fsp3) is 0.167. The molecule has 0 atom stereocenters. The van der Waals surface area contributed by atoms with Crippen LogP contribution >= 0.6 is 22.9 Å². The monoisotopic (exact) mass is 298 g/mol. The number of ether oxygens (including phenoxy) is 2. The van der Waals surface area contributed by atoms with Crippen LogP contribution in [0.1, 0.15) is 9.80 Å². The van der Waals surface area contributed by atoms with Crippen LogP contribution < -0.4 is 14.8 Å². The molecule has 0 aliphatic heterocycles. The number of carbonyl (C=O) groups is 1. The summed E-state index contributed by atoms with van der Waals surface area (Å²) in [6.07, 6.45) is 1.57. The van der Waals surface area contributed by atoms with Crippen molar-refractivity contribution in [3.05, 3.63) is 33.7 Å². The second-order valence-corrected chi connectivity index (χ2v) is 4.78. The first kappa shape index (κ1) is 13.6. The van der Waals surface area contributed by atoms with Crippen LogP contribution in [0.4, 0.5) is 5.69 Å². The molecule has 0 saturated carbocycles. The van der Waals surface area contributed by atoms with Gasteiger partial charge in [0.1, 0.15) is 11.5 Å². The lowest BCUT2D eigenvalue weighted by Gasteiger charge is -2.12. The average molecular weight is 299 g/mol. The third-order valence-electron chi connectivity index (χ3n) is 2.35. The molecule has 1 amide bonds. The van der Waals surface area contributed by atoms with E-state index in [-0.39, 0.29) is 5.91 Å². The number of aromatic nitrogens is 1. The molecule has 0 radical (unpaired) electrons. The van der Waals surface area contributed by atoms with E-state index in [0.717, 1.165) is 0 Å². The van der Waals surface area contributed by atoms with Gasteiger partial charge in [-0.3, -0.25) is 4.79 Å². The second kappa shape index (κ2) is 5.90. The number of amides is 1. The molecule has 0 unspecified atom stereocenters. The topological polar surface area (TPSA) is 60.5 Å². The first-order valence-electron chi connectivity index (χ1n) is 5.28. The van der Waals surface area contributed by atoms with E-state index >= 15 is 0 Å². The van der Waals surface area contributed by atoms with Crippen LogP contribution in [-0.4, -0.2) is 25.1 Å². The minimum Gasteiger partial charge on any atom is -0.495 e. The SMILES string of the molecule is COc1cc(NC(=O)c2nccs2)c(OC)cc1Cl. The highest BCUT2D eigenvalue weighted by Gasteiger charge is 2.14. The summed E-state index contributed by atoms with van der Waals surface area (Å²) in [6.45, 7) is 0. The maximum atomic E-state index is 11.9. The van der Waals surface area contributed by atoms with Crippen molar-refractivity contribution in [3.63, 3.8) is 0 Å². The van der Waals surface area contributed by atoms with Crippen LogP contribution in [0.15, 0.2) is 23.7 Å². The number of carbonyl (C=O) groups excluding carboxylic acids is 1. The lowest BCUT2D eigenvalue weighted by molar-refractivity contribution is 0.102. The Balaban J connectivity index is 2.31. The zero-order valence-electron chi connectivity index (χ0n) is 10.3. The van der Waals surface area contributed by atoms with E-state index in [1.165, 1.54) is 25.6 Å². The molecule has 1 N–H and O–H groups in total. The maximum absolute atomic E-state index is 11.9. The number of methoxy groups -OCH3 is 2. The third-order valence-corrected chi connectivity index (χ3v) is 3.42. The summed E-state index contributed by atoms with van der Waals surface area (Å²) in [7, 11) is 3.00. The van der Waals surface area contributed by atoms with Crippen molar-refractivity contribution in [3.8, 4) is 11.5 Å². The Morgan fingerprint density at radius 3 is 2.63 bits per heavy atom. The predicted octanol–water partition coefficient (Wildman–Crippen LogP) is 3.07. The second-order valence-electron chi connectivity index (χ2n) is 3.48. The van der Waals surface area contributed by atoms with Gasteiger partial charge in [-0.2, -0.15) is 0 Å². The normalized spacial score (nSPS) is 10.1. The third kappa shape index (κ3) is 2.97. The van der Waals surface area contributed by atoms with Crippen LogP contribution in [0.25, 0.3) is 0 Å². The zero-order chi connectivity index (χ0) is 13.8. The van der Waals surface area contributed by atoms with Crippen molar-refractivity contribution in [1.29, 1.82) is 0 Å². The zero-order valence-corrected chi connectivity index (χ0v) is 11.8. The number of thiazole rings is 1. The summed E-state index contributed by atoms with van der Waals surface area (Å²) in [5.74, 6) is 0.602. The highest BCUT2D eigenvalue weighted by atomic mass is 35.5. The van der Waals surface area contributed by atoms with Crippen molar-refractivity contribution in [1.82, 2.24) is 4.98 Å². The smallest absolute Gasteiger partial charge is 0.284 e. The number of hydrogen-bond donors (Lipinski definition) is 1. The first-order valence-corrected chi connectivity index (χ1v) is 6.54. The summed E-state index contributed by atoms with van der Waals surface area (Å²) >= 11 is 7.24. The van der Waals surface area contributed by atoms with Gasteiger partial charge in [0.05, 0.1) is 24.9 Å². The average Bonchev–Trinajstić information content (AvgIpc) is 2.94. The molecule has 1 aromatic carbocycles. The molecule has 0 saturated heterocycles. The number of anilines is 1. The van der Waals surface area contributed by atoms with Gasteiger partial charge in [0, 0.05) is 23.7 Å². The molecule has 2 rings (SSSR count). The largest absolute Gasteiger partial charge is 0.495 e. The summed E-state index contributed by atoms with van der Waals surface area (Å²) in [5, 5.41) is 5.22. The Bertz CT molecular complexity index is 587. The minimum atomic E-state index is -0.308. The van der Waals surface area contributed by atoms with Gasteiger partial charge in [0.2, 0.25) is 0 Å². The number of rotatable bonds is 4. The summed E-state index contributed by atoms with van der Waals surface area (Å²) < 4.78 is 10.3.